The van der Waals surface area contributed by atoms with Gasteiger partial charge in [-0.15, -0.1) is 12.4 Å². The molecule has 0 bridgehead atoms. The van der Waals surface area contributed by atoms with Crippen molar-refractivity contribution in [3.8, 4) is 0 Å². The van der Waals surface area contributed by atoms with Gasteiger partial charge in [0.1, 0.15) is 0 Å². The van der Waals surface area contributed by atoms with Crippen LogP contribution in [-0.2, 0) is 6.18 Å². The van der Waals surface area contributed by atoms with Gasteiger partial charge in [0.2, 0.25) is 0 Å². The average molecular weight is 513 g/mol. The zero-order valence-corrected chi connectivity index (χ0v) is 16.5. The van der Waals surface area contributed by atoms with E-state index in [0.717, 1.165) is 9.64 Å². The highest BCUT2D eigenvalue weighted by atomic mass is 127. The number of carbonyl (C=O) groups excluding carboxylic acids is 1. The highest BCUT2D eigenvalue weighted by Crippen LogP contribution is 2.36. The summed E-state index contributed by atoms with van der Waals surface area (Å²) < 4.78 is 40.3. The Morgan fingerprint density at radius 2 is 1.85 bits per heavy atom. The van der Waals surface area contributed by atoms with E-state index in [-0.39, 0.29) is 23.5 Å². The van der Waals surface area contributed by atoms with Crippen LogP contribution in [0.4, 0.5) is 24.5 Å². The number of halogens is 6. The van der Waals surface area contributed by atoms with E-state index in [9.17, 15) is 18.0 Å². The molecule has 0 amide bonds. The van der Waals surface area contributed by atoms with E-state index in [0.29, 0.717) is 16.8 Å². The van der Waals surface area contributed by atoms with E-state index in [1.165, 1.54) is 18.3 Å². The van der Waals surface area contributed by atoms with Crippen molar-refractivity contribution >= 4 is 74.1 Å². The van der Waals surface area contributed by atoms with Gasteiger partial charge in [0.25, 0.3) is 5.24 Å². The van der Waals surface area contributed by atoms with Crippen molar-refractivity contribution in [2.45, 2.75) is 6.18 Å². The molecule has 2 aromatic carbocycles. The van der Waals surface area contributed by atoms with E-state index >= 15 is 0 Å². The van der Waals surface area contributed by atoms with Gasteiger partial charge in [0, 0.05) is 20.8 Å². The molecule has 0 saturated carbocycles. The minimum absolute atomic E-state index is 0. The first kappa shape index (κ1) is 20.7. The van der Waals surface area contributed by atoms with Crippen molar-refractivity contribution in [3.63, 3.8) is 0 Å². The molecule has 1 aromatic heterocycles. The van der Waals surface area contributed by atoms with Crippen LogP contribution in [0.15, 0.2) is 48.7 Å². The van der Waals surface area contributed by atoms with Crippen LogP contribution in [0.1, 0.15) is 15.9 Å². The second-order valence-corrected chi connectivity index (χ2v) is 6.74. The van der Waals surface area contributed by atoms with Gasteiger partial charge >= 0.3 is 6.18 Å². The lowest BCUT2D eigenvalue weighted by atomic mass is 10.1. The molecule has 1 heterocycles. The first-order chi connectivity index (χ1) is 11.8. The summed E-state index contributed by atoms with van der Waals surface area (Å²) in [4.78, 5) is 15.5. The van der Waals surface area contributed by atoms with Crippen LogP contribution in [0, 0.1) is 3.57 Å². The van der Waals surface area contributed by atoms with Gasteiger partial charge in [-0.3, -0.25) is 9.78 Å². The molecule has 26 heavy (non-hydrogen) atoms. The molecule has 0 spiro atoms. The Bertz CT molecular complexity index is 980. The fourth-order valence-electron chi connectivity index (χ4n) is 2.45. The minimum atomic E-state index is -4.51. The number of benzene rings is 2. The number of pyridine rings is 1. The fourth-order valence-corrected chi connectivity index (χ4v) is 3.09. The summed E-state index contributed by atoms with van der Waals surface area (Å²) in [6, 6.07) is 10.4. The molecule has 3 aromatic rings. The van der Waals surface area contributed by atoms with Gasteiger partial charge in [-0.1, -0.05) is 12.1 Å². The molecule has 0 atom stereocenters. The number of para-hydroxylation sites is 1. The van der Waals surface area contributed by atoms with Gasteiger partial charge in [0.15, 0.2) is 0 Å². The van der Waals surface area contributed by atoms with Crippen molar-refractivity contribution < 1.29 is 18.0 Å². The predicted octanol–water partition coefficient (Wildman–Crippen LogP) is 6.40. The number of hydrogen-bond donors (Lipinski definition) is 1. The number of hydrogen-bond acceptors (Lipinski definition) is 3. The lowest BCUT2D eigenvalue weighted by Crippen LogP contribution is -2.07. The number of anilines is 2. The predicted molar refractivity (Wildman–Crippen MR) is 107 cm³/mol. The summed E-state index contributed by atoms with van der Waals surface area (Å²) in [6.07, 6.45) is -3.22. The normalized spacial score (nSPS) is 11.1. The molecule has 3 nitrogen and oxygen atoms in total. The summed E-state index contributed by atoms with van der Waals surface area (Å²) in [5.41, 5.74) is 0.0708. The summed E-state index contributed by atoms with van der Waals surface area (Å²) >= 11 is 7.65. The van der Waals surface area contributed by atoms with Crippen LogP contribution in [0.5, 0.6) is 0 Å². The van der Waals surface area contributed by atoms with Crippen LogP contribution < -0.4 is 5.32 Å². The summed E-state index contributed by atoms with van der Waals surface area (Å²) in [7, 11) is 0. The molecule has 0 unspecified atom stereocenters. The molecule has 1 N–H and O–H groups in total. The van der Waals surface area contributed by atoms with E-state index in [1.54, 1.807) is 24.3 Å². The first-order valence-corrected chi connectivity index (χ1v) is 8.44. The van der Waals surface area contributed by atoms with Gasteiger partial charge < -0.3 is 5.32 Å². The van der Waals surface area contributed by atoms with Crippen molar-refractivity contribution in [3.05, 3.63) is 63.4 Å². The lowest BCUT2D eigenvalue weighted by Gasteiger charge is -2.14. The smallest absolute Gasteiger partial charge is 0.354 e. The zero-order valence-electron chi connectivity index (χ0n) is 12.8. The van der Waals surface area contributed by atoms with Crippen molar-refractivity contribution in [1.82, 2.24) is 4.98 Å². The molecule has 3 rings (SSSR count). The Hall–Kier alpha value is -1.58. The number of aromatic nitrogens is 1. The van der Waals surface area contributed by atoms with Gasteiger partial charge in [-0.2, -0.15) is 13.2 Å². The fraction of sp³-hybridized carbons (Fsp3) is 0.0588. The van der Waals surface area contributed by atoms with E-state index in [4.69, 9.17) is 11.6 Å². The van der Waals surface area contributed by atoms with E-state index < -0.39 is 17.0 Å². The van der Waals surface area contributed by atoms with Crippen LogP contribution >= 0.6 is 46.6 Å². The number of alkyl halides is 3. The molecule has 0 aliphatic heterocycles. The number of fused-ring (bicyclic) bond motifs is 1. The SMILES string of the molecule is Cl.O=C(Cl)c1cc(I)ccc1Nc1ccnc2c(C(F)(F)F)cccc12. The number of nitrogens with zero attached hydrogens (tertiary/aromatic N) is 1. The average Bonchev–Trinajstić information content (AvgIpc) is 2.55. The Kier molecular flexibility index (Phi) is 6.36. The van der Waals surface area contributed by atoms with Gasteiger partial charge in [-0.05, 0) is 64.5 Å². The lowest BCUT2D eigenvalue weighted by molar-refractivity contribution is -0.136. The van der Waals surface area contributed by atoms with Crippen LogP contribution in [-0.4, -0.2) is 10.2 Å². The molecule has 0 radical (unpaired) electrons. The third-order valence-electron chi connectivity index (χ3n) is 3.54. The summed E-state index contributed by atoms with van der Waals surface area (Å²) in [5, 5.41) is 2.62. The third kappa shape index (κ3) is 4.21. The Balaban J connectivity index is 0.00000243. The molecular weight excluding hydrogens is 503 g/mol. The van der Waals surface area contributed by atoms with Gasteiger partial charge in [0.05, 0.1) is 22.3 Å². The minimum Gasteiger partial charge on any atom is -0.354 e. The number of nitrogens with one attached hydrogen (secondary N) is 1. The third-order valence-corrected chi connectivity index (χ3v) is 4.41. The van der Waals surface area contributed by atoms with Gasteiger partial charge in [-0.25, -0.2) is 0 Å². The maximum Gasteiger partial charge on any atom is 0.418 e. The molecule has 0 fully saturated rings. The number of carbonyl (C=O) groups is 1. The quantitative estimate of drug-likeness (QED) is 0.326. The highest BCUT2D eigenvalue weighted by molar-refractivity contribution is 14.1. The Morgan fingerprint density at radius 3 is 2.50 bits per heavy atom. The summed E-state index contributed by atoms with van der Waals surface area (Å²) in [5.74, 6) is 0. The van der Waals surface area contributed by atoms with Crippen molar-refractivity contribution in [1.29, 1.82) is 0 Å². The second kappa shape index (κ2) is 7.98. The van der Waals surface area contributed by atoms with Crippen LogP contribution in [0.2, 0.25) is 0 Å². The largest absolute Gasteiger partial charge is 0.418 e. The van der Waals surface area contributed by atoms with E-state index in [2.05, 4.69) is 10.3 Å². The summed E-state index contributed by atoms with van der Waals surface area (Å²) in [6.45, 7) is 0. The maximum absolute atomic E-state index is 13.2. The van der Waals surface area contributed by atoms with E-state index in [1.807, 2.05) is 22.6 Å². The number of rotatable bonds is 3. The van der Waals surface area contributed by atoms with Crippen molar-refractivity contribution in [2.75, 3.05) is 5.32 Å². The Morgan fingerprint density at radius 1 is 1.12 bits per heavy atom. The van der Waals surface area contributed by atoms with Crippen molar-refractivity contribution in [2.24, 2.45) is 0 Å². The highest BCUT2D eigenvalue weighted by Gasteiger charge is 2.33. The maximum atomic E-state index is 13.2. The first-order valence-electron chi connectivity index (χ1n) is 6.98. The Labute approximate surface area is 171 Å². The van der Waals surface area contributed by atoms with Crippen LogP contribution in [0.25, 0.3) is 10.9 Å². The topological polar surface area (TPSA) is 42.0 Å². The molecule has 136 valence electrons. The standard InChI is InChI=1S/C17H9ClF3IN2O.ClH/c18-16(25)11-8-9(22)4-5-13(11)24-14-6-7-23-15-10(14)2-1-3-12(15)17(19,20)21;/h1-8H,(H,23,24);1H. The molecule has 9 heteroatoms. The molecular formula is C17H10Cl2F3IN2O. The molecule has 0 aliphatic carbocycles. The van der Waals surface area contributed by atoms with Crippen LogP contribution in [0.3, 0.4) is 0 Å². The molecule has 0 saturated heterocycles. The monoisotopic (exact) mass is 512 g/mol. The zero-order chi connectivity index (χ0) is 18.2. The second-order valence-electron chi connectivity index (χ2n) is 5.15. The molecule has 0 aliphatic rings.